The SMILES string of the molecule is C=CCNC(=O)c1cc2n(n1)[C@@H](C(F)(F)F)C[C@H](c1ccco1)N2. The number of nitrogens with one attached hydrogen (secondary N) is 2. The number of aromatic nitrogens is 2. The summed E-state index contributed by atoms with van der Waals surface area (Å²) in [4.78, 5) is 11.9. The zero-order valence-electron chi connectivity index (χ0n) is 12.5. The fraction of sp³-hybridized carbons (Fsp3) is 0.333. The first-order valence-corrected chi connectivity index (χ1v) is 7.25. The predicted octanol–water partition coefficient (Wildman–Crippen LogP) is 3.05. The van der Waals surface area contributed by atoms with Gasteiger partial charge in [-0.2, -0.15) is 18.3 Å². The van der Waals surface area contributed by atoms with E-state index in [4.69, 9.17) is 4.42 Å². The second kappa shape index (κ2) is 6.06. The Morgan fingerprint density at radius 1 is 1.58 bits per heavy atom. The molecule has 0 spiro atoms. The fourth-order valence-electron chi connectivity index (χ4n) is 2.62. The van der Waals surface area contributed by atoms with Crippen LogP contribution in [-0.4, -0.2) is 28.4 Å². The predicted molar refractivity (Wildman–Crippen MR) is 79.5 cm³/mol. The lowest BCUT2D eigenvalue weighted by atomic mass is 10.0. The molecule has 0 bridgehead atoms. The van der Waals surface area contributed by atoms with E-state index in [0.717, 1.165) is 4.68 Å². The van der Waals surface area contributed by atoms with Crippen molar-refractivity contribution in [3.8, 4) is 0 Å². The van der Waals surface area contributed by atoms with Gasteiger partial charge in [0, 0.05) is 19.0 Å². The van der Waals surface area contributed by atoms with Gasteiger partial charge in [-0.15, -0.1) is 6.58 Å². The van der Waals surface area contributed by atoms with Gasteiger partial charge in [-0.05, 0) is 12.1 Å². The van der Waals surface area contributed by atoms with Gasteiger partial charge in [0.2, 0.25) is 0 Å². The molecule has 6 nitrogen and oxygen atoms in total. The Morgan fingerprint density at radius 2 is 2.38 bits per heavy atom. The third-order valence-corrected chi connectivity index (χ3v) is 3.72. The van der Waals surface area contributed by atoms with E-state index in [1.807, 2.05) is 0 Å². The molecule has 0 saturated heterocycles. The normalized spacial score (nSPS) is 20.1. The highest BCUT2D eigenvalue weighted by Crippen LogP contribution is 2.43. The third kappa shape index (κ3) is 3.01. The molecule has 1 aliphatic rings. The van der Waals surface area contributed by atoms with Gasteiger partial charge in [0.1, 0.15) is 11.6 Å². The lowest BCUT2D eigenvalue weighted by Gasteiger charge is -2.32. The number of carbonyl (C=O) groups excluding carboxylic acids is 1. The van der Waals surface area contributed by atoms with E-state index >= 15 is 0 Å². The van der Waals surface area contributed by atoms with Gasteiger partial charge in [0.05, 0.1) is 12.3 Å². The van der Waals surface area contributed by atoms with Crippen molar-refractivity contribution in [2.45, 2.75) is 24.7 Å². The summed E-state index contributed by atoms with van der Waals surface area (Å²) in [5.74, 6) is -0.0443. The molecule has 2 aromatic heterocycles. The van der Waals surface area contributed by atoms with Crippen molar-refractivity contribution < 1.29 is 22.4 Å². The topological polar surface area (TPSA) is 72.1 Å². The number of nitrogens with zero attached hydrogens (tertiary/aromatic N) is 2. The zero-order valence-corrected chi connectivity index (χ0v) is 12.5. The Balaban J connectivity index is 1.94. The number of alkyl halides is 3. The van der Waals surface area contributed by atoms with Crippen LogP contribution in [0.1, 0.15) is 34.8 Å². The first-order valence-electron chi connectivity index (χ1n) is 7.25. The van der Waals surface area contributed by atoms with Gasteiger partial charge < -0.3 is 15.1 Å². The minimum Gasteiger partial charge on any atom is -0.467 e. The van der Waals surface area contributed by atoms with Crippen LogP contribution in [0.5, 0.6) is 0 Å². The quantitative estimate of drug-likeness (QED) is 0.839. The van der Waals surface area contributed by atoms with Crippen LogP contribution in [-0.2, 0) is 0 Å². The fourth-order valence-corrected chi connectivity index (χ4v) is 2.62. The molecule has 1 amide bonds. The molecular formula is C15H15F3N4O2. The Labute approximate surface area is 135 Å². The van der Waals surface area contributed by atoms with E-state index in [2.05, 4.69) is 22.3 Å². The Morgan fingerprint density at radius 3 is 3.00 bits per heavy atom. The summed E-state index contributed by atoms with van der Waals surface area (Å²) in [6.07, 6.45) is -1.90. The molecule has 3 heterocycles. The standard InChI is InChI=1S/C15H15F3N4O2/c1-2-5-19-14(23)10-8-13-20-9(11-4-3-6-24-11)7-12(15(16,17)18)22(13)21-10/h2-4,6,8-9,12,20H,1,5,7H2,(H,19,23)/t9-,12-/m1/s1. The molecule has 128 valence electrons. The summed E-state index contributed by atoms with van der Waals surface area (Å²) in [6.45, 7) is 3.66. The molecular weight excluding hydrogens is 325 g/mol. The number of fused-ring (bicyclic) bond motifs is 1. The first-order chi connectivity index (χ1) is 11.4. The van der Waals surface area contributed by atoms with Gasteiger partial charge in [-0.3, -0.25) is 4.79 Å². The van der Waals surface area contributed by atoms with Crippen molar-refractivity contribution >= 4 is 11.7 Å². The highest BCUT2D eigenvalue weighted by molar-refractivity contribution is 5.93. The largest absolute Gasteiger partial charge is 0.467 e. The smallest absolute Gasteiger partial charge is 0.410 e. The number of halogens is 3. The minimum atomic E-state index is -4.50. The second-order valence-electron chi connectivity index (χ2n) is 5.36. The van der Waals surface area contributed by atoms with Crippen LogP contribution in [0.3, 0.4) is 0 Å². The number of amides is 1. The Kier molecular flexibility index (Phi) is 4.08. The van der Waals surface area contributed by atoms with Crippen LogP contribution in [0.25, 0.3) is 0 Å². The van der Waals surface area contributed by atoms with E-state index in [1.165, 1.54) is 18.4 Å². The molecule has 24 heavy (non-hydrogen) atoms. The summed E-state index contributed by atoms with van der Waals surface area (Å²) in [7, 11) is 0. The zero-order chi connectivity index (χ0) is 17.3. The lowest BCUT2D eigenvalue weighted by Crippen LogP contribution is -2.35. The summed E-state index contributed by atoms with van der Waals surface area (Å²) in [5.41, 5.74) is -0.0892. The number of anilines is 1. The average Bonchev–Trinajstić information content (AvgIpc) is 3.19. The van der Waals surface area contributed by atoms with Crippen molar-refractivity contribution in [2.24, 2.45) is 0 Å². The molecule has 0 radical (unpaired) electrons. The second-order valence-corrected chi connectivity index (χ2v) is 5.36. The molecule has 9 heteroatoms. The van der Waals surface area contributed by atoms with Crippen LogP contribution in [0.4, 0.5) is 19.0 Å². The lowest BCUT2D eigenvalue weighted by molar-refractivity contribution is -0.174. The number of hydrogen-bond donors (Lipinski definition) is 2. The maximum Gasteiger partial charge on any atom is 0.410 e. The maximum absolute atomic E-state index is 13.4. The van der Waals surface area contributed by atoms with E-state index < -0.39 is 24.2 Å². The summed E-state index contributed by atoms with van der Waals surface area (Å²) in [5, 5.41) is 9.25. The highest BCUT2D eigenvalue weighted by atomic mass is 19.4. The van der Waals surface area contributed by atoms with Crippen LogP contribution in [0.2, 0.25) is 0 Å². The molecule has 0 aliphatic carbocycles. The number of hydrogen-bond acceptors (Lipinski definition) is 4. The monoisotopic (exact) mass is 340 g/mol. The number of carbonyl (C=O) groups is 1. The number of rotatable bonds is 4. The van der Waals surface area contributed by atoms with Crippen LogP contribution >= 0.6 is 0 Å². The van der Waals surface area contributed by atoms with E-state index in [-0.39, 0.29) is 24.5 Å². The van der Waals surface area contributed by atoms with Crippen molar-refractivity contribution in [1.82, 2.24) is 15.1 Å². The van der Waals surface area contributed by atoms with Gasteiger partial charge in [-0.1, -0.05) is 6.08 Å². The number of furan rings is 1. The Bertz CT molecular complexity index is 736. The van der Waals surface area contributed by atoms with Crippen LogP contribution < -0.4 is 10.6 Å². The van der Waals surface area contributed by atoms with Gasteiger partial charge in [-0.25, -0.2) is 4.68 Å². The van der Waals surface area contributed by atoms with Crippen LogP contribution in [0.15, 0.2) is 41.5 Å². The molecule has 0 saturated carbocycles. The molecule has 2 atom stereocenters. The van der Waals surface area contributed by atoms with Crippen LogP contribution in [0, 0.1) is 0 Å². The van der Waals surface area contributed by atoms with E-state index in [9.17, 15) is 18.0 Å². The van der Waals surface area contributed by atoms with E-state index in [0.29, 0.717) is 5.76 Å². The van der Waals surface area contributed by atoms with Gasteiger partial charge in [0.15, 0.2) is 11.7 Å². The summed E-state index contributed by atoms with van der Waals surface area (Å²) >= 11 is 0. The van der Waals surface area contributed by atoms with Crippen molar-refractivity contribution in [1.29, 1.82) is 0 Å². The minimum absolute atomic E-state index is 0.0892. The van der Waals surface area contributed by atoms with E-state index in [1.54, 1.807) is 12.1 Å². The summed E-state index contributed by atoms with van der Waals surface area (Å²) in [6, 6.07) is 2.02. The third-order valence-electron chi connectivity index (χ3n) is 3.72. The first kappa shape index (κ1) is 16.2. The molecule has 2 N–H and O–H groups in total. The molecule has 0 unspecified atom stereocenters. The molecule has 2 aromatic rings. The van der Waals surface area contributed by atoms with Gasteiger partial charge >= 0.3 is 6.18 Å². The summed E-state index contributed by atoms with van der Waals surface area (Å²) < 4.78 is 46.3. The average molecular weight is 340 g/mol. The molecule has 0 fully saturated rings. The maximum atomic E-state index is 13.4. The van der Waals surface area contributed by atoms with Crippen molar-refractivity contribution in [3.63, 3.8) is 0 Å². The highest BCUT2D eigenvalue weighted by Gasteiger charge is 2.47. The molecule has 3 rings (SSSR count). The Hall–Kier alpha value is -2.71. The van der Waals surface area contributed by atoms with Gasteiger partial charge in [0.25, 0.3) is 5.91 Å². The van der Waals surface area contributed by atoms with Crippen molar-refractivity contribution in [3.05, 3.63) is 48.6 Å². The molecule has 1 aliphatic heterocycles. The van der Waals surface area contributed by atoms with Crippen molar-refractivity contribution in [2.75, 3.05) is 11.9 Å². The molecule has 0 aromatic carbocycles.